The van der Waals surface area contributed by atoms with Crippen LogP contribution in [0.15, 0.2) is 30.9 Å². The predicted octanol–water partition coefficient (Wildman–Crippen LogP) is 2.51. The van der Waals surface area contributed by atoms with Crippen LogP contribution in [-0.2, 0) is 16.9 Å². The van der Waals surface area contributed by atoms with Crippen LogP contribution in [0.4, 0.5) is 8.78 Å². The third-order valence-corrected chi connectivity index (χ3v) is 4.09. The van der Waals surface area contributed by atoms with Gasteiger partial charge in [0.15, 0.2) is 0 Å². The molecule has 3 rings (SSSR count). The van der Waals surface area contributed by atoms with Crippen molar-refractivity contribution < 1.29 is 13.5 Å². The van der Waals surface area contributed by atoms with Gasteiger partial charge in [-0.25, -0.2) is 18.4 Å². The molecule has 4 nitrogen and oxygen atoms in total. The van der Waals surface area contributed by atoms with Crippen molar-refractivity contribution in [1.82, 2.24) is 14.8 Å². The van der Waals surface area contributed by atoms with Crippen molar-refractivity contribution in [3.63, 3.8) is 0 Å². The molecule has 0 amide bonds. The molecule has 0 radical (unpaired) electrons. The highest BCUT2D eigenvalue weighted by atomic mass is 19.1. The first-order valence-electron chi connectivity index (χ1n) is 6.49. The van der Waals surface area contributed by atoms with E-state index in [0.29, 0.717) is 12.1 Å². The molecular weight excluding hydrogens is 264 g/mol. The van der Waals surface area contributed by atoms with Crippen LogP contribution in [0.25, 0.3) is 0 Å². The molecule has 0 spiro atoms. The molecule has 0 bridgehead atoms. The van der Waals surface area contributed by atoms with E-state index >= 15 is 0 Å². The Kier molecular flexibility index (Phi) is 3.05. The van der Waals surface area contributed by atoms with E-state index < -0.39 is 17.2 Å². The lowest BCUT2D eigenvalue weighted by Crippen LogP contribution is -2.57. The summed E-state index contributed by atoms with van der Waals surface area (Å²) >= 11 is 0. The molecule has 106 valence electrons. The van der Waals surface area contributed by atoms with Crippen molar-refractivity contribution in [1.29, 1.82) is 0 Å². The molecule has 20 heavy (non-hydrogen) atoms. The standard InChI is InChI=1S/C14H15F2N3O/c1-9-10(2)20-14(9,6-19-8-17-7-18-19)12-4-3-11(15)5-13(12)16/h3-5,7-10H,6H2,1-2H3/t9-,10?,14+/m0/s1. The Morgan fingerprint density at radius 1 is 1.35 bits per heavy atom. The van der Waals surface area contributed by atoms with Crippen molar-refractivity contribution >= 4 is 0 Å². The summed E-state index contributed by atoms with van der Waals surface area (Å²) in [4.78, 5) is 3.88. The van der Waals surface area contributed by atoms with Crippen molar-refractivity contribution in [3.8, 4) is 0 Å². The van der Waals surface area contributed by atoms with E-state index in [0.717, 1.165) is 6.07 Å². The van der Waals surface area contributed by atoms with Crippen LogP contribution in [0.3, 0.4) is 0 Å². The molecule has 0 saturated carbocycles. The molecule has 1 saturated heterocycles. The maximum absolute atomic E-state index is 14.1. The highest BCUT2D eigenvalue weighted by Crippen LogP contribution is 2.48. The molecule has 1 aromatic heterocycles. The smallest absolute Gasteiger partial charge is 0.137 e. The monoisotopic (exact) mass is 279 g/mol. The largest absolute Gasteiger partial charge is 0.364 e. The van der Waals surface area contributed by atoms with E-state index in [9.17, 15) is 8.78 Å². The minimum absolute atomic E-state index is 0.0166. The zero-order valence-corrected chi connectivity index (χ0v) is 11.3. The zero-order valence-electron chi connectivity index (χ0n) is 11.3. The average molecular weight is 279 g/mol. The quantitative estimate of drug-likeness (QED) is 0.866. The van der Waals surface area contributed by atoms with Gasteiger partial charge in [0, 0.05) is 17.5 Å². The molecule has 0 N–H and O–H groups in total. The molecule has 1 unspecified atom stereocenters. The molecule has 2 aromatic rings. The first kappa shape index (κ1) is 13.2. The topological polar surface area (TPSA) is 39.9 Å². The Morgan fingerprint density at radius 3 is 2.70 bits per heavy atom. The summed E-state index contributed by atoms with van der Waals surface area (Å²) in [6.45, 7) is 4.28. The Balaban J connectivity index is 2.02. The first-order chi connectivity index (χ1) is 9.53. The lowest BCUT2D eigenvalue weighted by atomic mass is 9.73. The highest BCUT2D eigenvalue weighted by Gasteiger charge is 2.53. The van der Waals surface area contributed by atoms with E-state index in [1.807, 2.05) is 13.8 Å². The minimum atomic E-state index is -0.828. The van der Waals surface area contributed by atoms with Crippen molar-refractivity contribution in [2.75, 3.05) is 0 Å². The Labute approximate surface area is 115 Å². The summed E-state index contributed by atoms with van der Waals surface area (Å²) in [7, 11) is 0. The second kappa shape index (κ2) is 4.63. The maximum atomic E-state index is 14.1. The Bertz CT molecular complexity index is 617. The predicted molar refractivity (Wildman–Crippen MR) is 67.8 cm³/mol. The molecule has 3 atom stereocenters. The fraction of sp³-hybridized carbons (Fsp3) is 0.429. The molecule has 6 heteroatoms. The lowest BCUT2D eigenvalue weighted by molar-refractivity contribution is -0.265. The van der Waals surface area contributed by atoms with Crippen LogP contribution in [0.2, 0.25) is 0 Å². The Hall–Kier alpha value is -1.82. The Morgan fingerprint density at radius 2 is 2.15 bits per heavy atom. The van der Waals surface area contributed by atoms with Gasteiger partial charge in [-0.3, -0.25) is 0 Å². The number of halogens is 2. The van der Waals surface area contributed by atoms with Crippen molar-refractivity contribution in [2.45, 2.75) is 32.1 Å². The fourth-order valence-electron chi connectivity index (χ4n) is 2.81. The van der Waals surface area contributed by atoms with Crippen LogP contribution >= 0.6 is 0 Å². The van der Waals surface area contributed by atoms with Gasteiger partial charge in [0.1, 0.15) is 29.9 Å². The van der Waals surface area contributed by atoms with Crippen molar-refractivity contribution in [3.05, 3.63) is 48.1 Å². The highest BCUT2D eigenvalue weighted by molar-refractivity contribution is 5.29. The molecule has 1 aliphatic rings. The second-order valence-corrected chi connectivity index (χ2v) is 5.22. The molecule has 1 fully saturated rings. The number of ether oxygens (including phenoxy) is 1. The molecular formula is C14H15F2N3O. The van der Waals surface area contributed by atoms with Gasteiger partial charge in [-0.05, 0) is 13.0 Å². The fourth-order valence-corrected chi connectivity index (χ4v) is 2.81. The molecule has 0 aliphatic carbocycles. The summed E-state index contributed by atoms with van der Waals surface area (Å²) in [6.07, 6.45) is 2.99. The summed E-state index contributed by atoms with van der Waals surface area (Å²) in [5.41, 5.74) is -0.467. The summed E-state index contributed by atoms with van der Waals surface area (Å²) < 4.78 is 34.7. The third kappa shape index (κ3) is 1.91. The van der Waals surface area contributed by atoms with Gasteiger partial charge in [0.2, 0.25) is 0 Å². The van der Waals surface area contributed by atoms with Gasteiger partial charge >= 0.3 is 0 Å². The first-order valence-corrected chi connectivity index (χ1v) is 6.49. The van der Waals surface area contributed by atoms with Crippen LogP contribution in [0.1, 0.15) is 19.4 Å². The number of benzene rings is 1. The normalized spacial score (nSPS) is 29.2. The van der Waals surface area contributed by atoms with E-state index in [1.165, 1.54) is 18.5 Å². The van der Waals surface area contributed by atoms with Gasteiger partial charge in [-0.15, -0.1) is 0 Å². The van der Waals surface area contributed by atoms with E-state index in [4.69, 9.17) is 4.74 Å². The van der Waals surface area contributed by atoms with Gasteiger partial charge in [0.25, 0.3) is 0 Å². The van der Waals surface area contributed by atoms with Gasteiger partial charge in [-0.2, -0.15) is 5.10 Å². The van der Waals surface area contributed by atoms with Gasteiger partial charge in [-0.1, -0.05) is 13.0 Å². The van der Waals surface area contributed by atoms with Crippen LogP contribution in [0.5, 0.6) is 0 Å². The number of hydrogen-bond donors (Lipinski definition) is 0. The number of aromatic nitrogens is 3. The summed E-state index contributed by atoms with van der Waals surface area (Å²) in [5, 5.41) is 4.04. The van der Waals surface area contributed by atoms with E-state index in [1.54, 1.807) is 11.0 Å². The SMILES string of the molecule is CC1O[C@@](Cn2cncn2)(c2ccc(F)cc2F)[C@H]1C. The molecule has 1 aromatic carbocycles. The number of hydrogen-bond acceptors (Lipinski definition) is 3. The molecule has 2 heterocycles. The minimum Gasteiger partial charge on any atom is -0.364 e. The zero-order chi connectivity index (χ0) is 14.3. The molecule has 1 aliphatic heterocycles. The second-order valence-electron chi connectivity index (χ2n) is 5.22. The summed E-state index contributed by atoms with van der Waals surface area (Å²) in [6, 6.07) is 3.59. The van der Waals surface area contributed by atoms with Crippen LogP contribution < -0.4 is 0 Å². The van der Waals surface area contributed by atoms with Crippen LogP contribution in [-0.4, -0.2) is 20.9 Å². The van der Waals surface area contributed by atoms with Gasteiger partial charge < -0.3 is 4.74 Å². The summed E-state index contributed by atoms with van der Waals surface area (Å²) in [5.74, 6) is -1.10. The number of rotatable bonds is 3. The third-order valence-electron chi connectivity index (χ3n) is 4.09. The van der Waals surface area contributed by atoms with E-state index in [2.05, 4.69) is 10.1 Å². The number of nitrogens with zero attached hydrogens (tertiary/aromatic N) is 3. The lowest BCUT2D eigenvalue weighted by Gasteiger charge is -2.52. The van der Waals surface area contributed by atoms with Gasteiger partial charge in [0.05, 0.1) is 12.6 Å². The maximum Gasteiger partial charge on any atom is 0.137 e. The van der Waals surface area contributed by atoms with E-state index in [-0.39, 0.29) is 12.0 Å². The van der Waals surface area contributed by atoms with Crippen molar-refractivity contribution in [2.24, 2.45) is 5.92 Å². The van der Waals surface area contributed by atoms with Crippen LogP contribution in [0, 0.1) is 17.6 Å². The average Bonchev–Trinajstić information content (AvgIpc) is 2.90.